The Kier molecular flexibility index (Phi) is 6.22. The first-order valence-electron chi connectivity index (χ1n) is 10.0. The summed E-state index contributed by atoms with van der Waals surface area (Å²) in [5, 5.41) is 7.38. The van der Waals surface area contributed by atoms with Crippen LogP contribution in [-0.4, -0.2) is 59.3 Å². The Hall–Kier alpha value is -3.33. The molecular weight excluding hydrogens is 420 g/mol. The number of ether oxygens (including phenoxy) is 1. The molecule has 162 valence electrons. The molecule has 4 rings (SSSR count). The quantitative estimate of drug-likeness (QED) is 0.643. The zero-order valence-electron chi connectivity index (χ0n) is 17.3. The molecule has 3 aromatic rings. The van der Waals surface area contributed by atoms with Gasteiger partial charge in [0.15, 0.2) is 0 Å². The van der Waals surface area contributed by atoms with Gasteiger partial charge in [-0.1, -0.05) is 23.7 Å². The van der Waals surface area contributed by atoms with E-state index in [0.29, 0.717) is 60.8 Å². The molecule has 1 aliphatic heterocycles. The highest BCUT2D eigenvalue weighted by atomic mass is 35.5. The summed E-state index contributed by atoms with van der Waals surface area (Å²) in [6.07, 6.45) is 2.44. The van der Waals surface area contributed by atoms with Gasteiger partial charge in [-0.25, -0.2) is 9.78 Å². The number of anilines is 2. The molecule has 1 saturated heterocycles. The summed E-state index contributed by atoms with van der Waals surface area (Å²) in [6, 6.07) is 8.79. The minimum atomic E-state index is -0.188. The Morgan fingerprint density at radius 1 is 1.23 bits per heavy atom. The Labute approximate surface area is 185 Å². The molecule has 2 amide bonds. The fourth-order valence-electron chi connectivity index (χ4n) is 3.33. The molecule has 0 atom stereocenters. The molecule has 1 fully saturated rings. The van der Waals surface area contributed by atoms with E-state index < -0.39 is 0 Å². The number of nitrogens with one attached hydrogen (secondary N) is 1. The van der Waals surface area contributed by atoms with E-state index in [1.165, 1.54) is 0 Å². The van der Waals surface area contributed by atoms with Crippen LogP contribution in [0.15, 0.2) is 41.1 Å². The van der Waals surface area contributed by atoms with Gasteiger partial charge in [0.25, 0.3) is 0 Å². The lowest BCUT2D eigenvalue weighted by Gasteiger charge is -2.35. The fraction of sp³-hybridized carbons (Fsp3) is 0.333. The Balaban J connectivity index is 1.35. The van der Waals surface area contributed by atoms with Crippen LogP contribution in [0.2, 0.25) is 5.02 Å². The second kappa shape index (κ2) is 9.22. The number of urea groups is 1. The molecule has 3 heterocycles. The number of aryl methyl sites for hydroxylation is 1. The van der Waals surface area contributed by atoms with E-state index in [1.54, 1.807) is 36.4 Å². The Bertz CT molecular complexity index is 1050. The fourth-order valence-corrected chi connectivity index (χ4v) is 3.50. The van der Waals surface area contributed by atoms with Crippen LogP contribution < -0.4 is 15.0 Å². The molecule has 2 aromatic heterocycles. The molecule has 31 heavy (non-hydrogen) atoms. The standard InChI is InChI=1S/C21H23ClN6O3/c1-3-19-25-20(26-31-19)14-4-7-18(23-13-14)27-8-10-28(11-9-27)21(29)24-16-12-15(22)5-6-17(16)30-2/h4-7,12-13H,3,8-11H2,1-2H3,(H,24,29). The van der Waals surface area contributed by atoms with Crippen LogP contribution in [0.3, 0.4) is 0 Å². The summed E-state index contributed by atoms with van der Waals surface area (Å²) in [7, 11) is 1.55. The third kappa shape index (κ3) is 4.72. The van der Waals surface area contributed by atoms with Gasteiger partial charge in [-0.2, -0.15) is 4.98 Å². The minimum Gasteiger partial charge on any atom is -0.495 e. The topological polar surface area (TPSA) is 96.6 Å². The Morgan fingerprint density at radius 3 is 2.68 bits per heavy atom. The van der Waals surface area contributed by atoms with Crippen LogP contribution >= 0.6 is 11.6 Å². The minimum absolute atomic E-state index is 0.188. The predicted octanol–water partition coefficient (Wildman–Crippen LogP) is 3.71. The van der Waals surface area contributed by atoms with Crippen LogP contribution in [0.4, 0.5) is 16.3 Å². The van der Waals surface area contributed by atoms with Crippen molar-refractivity contribution in [2.75, 3.05) is 43.5 Å². The van der Waals surface area contributed by atoms with Gasteiger partial charge in [0, 0.05) is 49.4 Å². The number of carbonyl (C=O) groups excluding carboxylic acids is 1. The van der Waals surface area contributed by atoms with E-state index in [9.17, 15) is 4.79 Å². The van der Waals surface area contributed by atoms with Crippen molar-refractivity contribution < 1.29 is 14.1 Å². The van der Waals surface area contributed by atoms with Gasteiger partial charge in [-0.05, 0) is 30.3 Å². The first-order chi connectivity index (χ1) is 15.1. The number of rotatable bonds is 5. The number of piperazine rings is 1. The van der Waals surface area contributed by atoms with E-state index in [4.69, 9.17) is 20.9 Å². The van der Waals surface area contributed by atoms with E-state index >= 15 is 0 Å². The molecule has 0 bridgehead atoms. The van der Waals surface area contributed by atoms with Crippen LogP contribution in [0, 0.1) is 0 Å². The Morgan fingerprint density at radius 2 is 2.03 bits per heavy atom. The largest absolute Gasteiger partial charge is 0.495 e. The average Bonchev–Trinajstić information content (AvgIpc) is 3.29. The van der Waals surface area contributed by atoms with Gasteiger partial charge in [-0.3, -0.25) is 0 Å². The van der Waals surface area contributed by atoms with Gasteiger partial charge in [0.1, 0.15) is 11.6 Å². The highest BCUT2D eigenvalue weighted by Crippen LogP contribution is 2.28. The van der Waals surface area contributed by atoms with Crippen LogP contribution in [0.25, 0.3) is 11.4 Å². The van der Waals surface area contributed by atoms with E-state index in [-0.39, 0.29) is 6.03 Å². The van der Waals surface area contributed by atoms with Gasteiger partial charge in [-0.15, -0.1) is 0 Å². The maximum absolute atomic E-state index is 12.7. The van der Waals surface area contributed by atoms with Crippen molar-refractivity contribution in [1.29, 1.82) is 0 Å². The van der Waals surface area contributed by atoms with Crippen molar-refractivity contribution in [2.45, 2.75) is 13.3 Å². The van der Waals surface area contributed by atoms with Gasteiger partial charge in [0.2, 0.25) is 11.7 Å². The van der Waals surface area contributed by atoms with Crippen molar-refractivity contribution >= 4 is 29.1 Å². The van der Waals surface area contributed by atoms with Crippen LogP contribution in [-0.2, 0) is 6.42 Å². The monoisotopic (exact) mass is 442 g/mol. The lowest BCUT2D eigenvalue weighted by atomic mass is 10.2. The summed E-state index contributed by atoms with van der Waals surface area (Å²) in [5.41, 5.74) is 1.35. The number of amides is 2. The SMILES string of the molecule is CCc1nc(-c2ccc(N3CCN(C(=O)Nc4cc(Cl)ccc4OC)CC3)nc2)no1. The maximum atomic E-state index is 12.7. The van der Waals surface area contributed by atoms with Crippen molar-refractivity contribution in [3.8, 4) is 17.1 Å². The number of methoxy groups -OCH3 is 1. The van der Waals surface area contributed by atoms with Gasteiger partial charge >= 0.3 is 6.03 Å². The second-order valence-electron chi connectivity index (χ2n) is 7.02. The number of hydrogen-bond donors (Lipinski definition) is 1. The third-order valence-electron chi connectivity index (χ3n) is 5.07. The highest BCUT2D eigenvalue weighted by molar-refractivity contribution is 6.31. The summed E-state index contributed by atoms with van der Waals surface area (Å²) in [6.45, 7) is 4.46. The molecule has 0 saturated carbocycles. The van der Waals surface area contributed by atoms with Gasteiger partial charge < -0.3 is 24.4 Å². The summed E-state index contributed by atoms with van der Waals surface area (Å²) >= 11 is 6.04. The van der Waals surface area contributed by atoms with Crippen molar-refractivity contribution in [3.63, 3.8) is 0 Å². The first kappa shape index (κ1) is 20.9. The van der Waals surface area contributed by atoms with Crippen LogP contribution in [0.5, 0.6) is 5.75 Å². The van der Waals surface area contributed by atoms with E-state index in [2.05, 4.69) is 25.3 Å². The summed E-state index contributed by atoms with van der Waals surface area (Å²) in [5.74, 6) is 2.55. The molecule has 1 aromatic carbocycles. The smallest absolute Gasteiger partial charge is 0.322 e. The molecule has 10 heteroatoms. The predicted molar refractivity (Wildman–Crippen MR) is 118 cm³/mol. The summed E-state index contributed by atoms with van der Waals surface area (Å²) < 4.78 is 10.4. The molecule has 0 aliphatic carbocycles. The van der Waals surface area contributed by atoms with Crippen LogP contribution in [0.1, 0.15) is 12.8 Å². The van der Waals surface area contributed by atoms with Gasteiger partial charge in [0.05, 0.1) is 12.8 Å². The molecule has 0 radical (unpaired) electrons. The molecule has 0 unspecified atom stereocenters. The zero-order chi connectivity index (χ0) is 21.8. The molecular formula is C21H23ClN6O3. The molecule has 0 spiro atoms. The number of pyridine rings is 1. The van der Waals surface area contributed by atoms with E-state index in [0.717, 1.165) is 11.4 Å². The molecule has 9 nitrogen and oxygen atoms in total. The van der Waals surface area contributed by atoms with Crippen molar-refractivity contribution in [1.82, 2.24) is 20.0 Å². The molecule has 1 N–H and O–H groups in total. The lowest BCUT2D eigenvalue weighted by Crippen LogP contribution is -2.50. The third-order valence-corrected chi connectivity index (χ3v) is 5.31. The summed E-state index contributed by atoms with van der Waals surface area (Å²) in [4.78, 5) is 25.4. The number of aromatic nitrogens is 3. The first-order valence-corrected chi connectivity index (χ1v) is 10.4. The van der Waals surface area contributed by atoms with Crippen molar-refractivity contribution in [3.05, 3.63) is 47.4 Å². The van der Waals surface area contributed by atoms with E-state index in [1.807, 2.05) is 19.1 Å². The second-order valence-corrected chi connectivity index (χ2v) is 7.46. The highest BCUT2D eigenvalue weighted by Gasteiger charge is 2.23. The van der Waals surface area contributed by atoms with Crippen molar-refractivity contribution in [2.24, 2.45) is 0 Å². The number of halogens is 1. The number of benzene rings is 1. The average molecular weight is 443 g/mol. The zero-order valence-corrected chi connectivity index (χ0v) is 18.1. The lowest BCUT2D eigenvalue weighted by molar-refractivity contribution is 0.208. The number of nitrogens with zero attached hydrogens (tertiary/aromatic N) is 5. The maximum Gasteiger partial charge on any atom is 0.322 e. The normalized spacial score (nSPS) is 13.9. The number of hydrogen-bond acceptors (Lipinski definition) is 7. The number of carbonyl (C=O) groups is 1. The molecule has 1 aliphatic rings.